The first-order valence-electron chi connectivity index (χ1n) is 15.8. The molecule has 0 bridgehead atoms. The third kappa shape index (κ3) is 9.60. The fourth-order valence-corrected chi connectivity index (χ4v) is 4.99. The lowest BCUT2D eigenvalue weighted by atomic mass is 9.86. The van der Waals surface area contributed by atoms with Crippen LogP contribution in [0.4, 0.5) is 0 Å². The van der Waals surface area contributed by atoms with E-state index in [1.54, 1.807) is 12.1 Å². The minimum atomic E-state index is -0.626. The number of hydrogen-bond acceptors (Lipinski definition) is 5. The molecule has 3 aromatic carbocycles. The van der Waals surface area contributed by atoms with Crippen LogP contribution in [0.25, 0.3) is 22.5 Å². The van der Waals surface area contributed by atoms with Crippen LogP contribution in [0.1, 0.15) is 87.7 Å². The van der Waals surface area contributed by atoms with Crippen LogP contribution in [0.15, 0.2) is 85.2 Å². The number of unbranched alkanes of at least 4 members (excludes halogenated alkanes) is 5. The highest BCUT2D eigenvalue weighted by Gasteiger charge is 2.17. The lowest BCUT2D eigenvalue weighted by Crippen LogP contribution is -2.37. The maximum atomic E-state index is 12.7. The molecule has 1 heterocycles. The largest absolute Gasteiger partial charge is 0.494 e. The maximum absolute atomic E-state index is 12.7. The number of aldehydes is 1. The van der Waals surface area contributed by atoms with Gasteiger partial charge in [0.05, 0.1) is 12.6 Å². The van der Waals surface area contributed by atoms with Crippen molar-refractivity contribution in [1.29, 1.82) is 0 Å². The summed E-state index contributed by atoms with van der Waals surface area (Å²) in [4.78, 5) is 33.7. The molecule has 0 aliphatic carbocycles. The molecule has 1 amide bonds. The van der Waals surface area contributed by atoms with E-state index < -0.39 is 6.04 Å². The average molecular weight is 592 g/mol. The van der Waals surface area contributed by atoms with Gasteiger partial charge in [0, 0.05) is 29.1 Å². The van der Waals surface area contributed by atoms with Crippen LogP contribution < -0.4 is 10.1 Å². The first kappa shape index (κ1) is 32.6. The van der Waals surface area contributed by atoms with E-state index in [1.165, 1.54) is 32.1 Å². The molecule has 0 saturated heterocycles. The molecule has 1 aromatic heterocycles. The Morgan fingerprint density at radius 3 is 2.02 bits per heavy atom. The smallest absolute Gasteiger partial charge is 0.251 e. The maximum Gasteiger partial charge on any atom is 0.251 e. The first-order valence-corrected chi connectivity index (χ1v) is 15.8. The first-order chi connectivity index (χ1) is 21.3. The van der Waals surface area contributed by atoms with Crippen LogP contribution in [-0.2, 0) is 16.6 Å². The molecule has 0 saturated carbocycles. The third-order valence-corrected chi connectivity index (χ3v) is 7.77. The minimum absolute atomic E-state index is 0.00799. The molecule has 1 unspecified atom stereocenters. The van der Waals surface area contributed by atoms with Gasteiger partial charge >= 0.3 is 0 Å². The molecule has 0 radical (unpaired) electrons. The van der Waals surface area contributed by atoms with Crippen LogP contribution in [0.5, 0.6) is 5.75 Å². The highest BCUT2D eigenvalue weighted by Crippen LogP contribution is 2.24. The van der Waals surface area contributed by atoms with Crippen molar-refractivity contribution in [3.05, 3.63) is 102 Å². The van der Waals surface area contributed by atoms with Crippen molar-refractivity contribution in [2.24, 2.45) is 0 Å². The molecule has 0 aliphatic rings. The van der Waals surface area contributed by atoms with Gasteiger partial charge in [-0.25, -0.2) is 9.97 Å². The number of nitrogens with one attached hydrogen (secondary N) is 1. The number of ether oxygens (including phenoxy) is 1. The molecule has 44 heavy (non-hydrogen) atoms. The lowest BCUT2D eigenvalue weighted by molar-refractivity contribution is -0.109. The lowest BCUT2D eigenvalue weighted by Gasteiger charge is -2.19. The van der Waals surface area contributed by atoms with E-state index in [-0.39, 0.29) is 11.3 Å². The number of hydrogen-bond donors (Lipinski definition) is 1. The highest BCUT2D eigenvalue weighted by atomic mass is 16.5. The van der Waals surface area contributed by atoms with Crippen molar-refractivity contribution >= 4 is 12.2 Å². The van der Waals surface area contributed by atoms with Gasteiger partial charge in [-0.3, -0.25) is 4.79 Å². The molecule has 0 aliphatic heterocycles. The Bertz CT molecular complexity index is 1460. The Morgan fingerprint density at radius 1 is 0.795 bits per heavy atom. The molecule has 6 heteroatoms. The molecule has 4 aromatic rings. The predicted molar refractivity (Wildman–Crippen MR) is 178 cm³/mol. The Kier molecular flexibility index (Phi) is 11.8. The molecular formula is C38H45N3O3. The number of benzene rings is 3. The number of rotatable bonds is 15. The van der Waals surface area contributed by atoms with Gasteiger partial charge in [0.2, 0.25) is 0 Å². The third-order valence-electron chi connectivity index (χ3n) is 7.77. The van der Waals surface area contributed by atoms with E-state index in [9.17, 15) is 9.59 Å². The second-order valence-corrected chi connectivity index (χ2v) is 12.4. The summed E-state index contributed by atoms with van der Waals surface area (Å²) in [7, 11) is 0. The summed E-state index contributed by atoms with van der Waals surface area (Å²) >= 11 is 0. The van der Waals surface area contributed by atoms with Gasteiger partial charge in [0.1, 0.15) is 12.0 Å². The van der Waals surface area contributed by atoms with Crippen molar-refractivity contribution in [3.8, 4) is 28.3 Å². The number of carbonyl (C=O) groups is 2. The van der Waals surface area contributed by atoms with Crippen LogP contribution in [0.2, 0.25) is 0 Å². The number of amides is 1. The summed E-state index contributed by atoms with van der Waals surface area (Å²) in [5.74, 6) is 1.24. The van der Waals surface area contributed by atoms with E-state index in [2.05, 4.69) is 43.0 Å². The molecule has 6 nitrogen and oxygen atoms in total. The Hall–Kier alpha value is -4.32. The van der Waals surface area contributed by atoms with Crippen molar-refractivity contribution in [2.75, 3.05) is 6.61 Å². The minimum Gasteiger partial charge on any atom is -0.494 e. The van der Waals surface area contributed by atoms with Crippen molar-refractivity contribution < 1.29 is 14.3 Å². The second-order valence-electron chi connectivity index (χ2n) is 12.4. The number of carbonyl (C=O) groups excluding carboxylic acids is 2. The van der Waals surface area contributed by atoms with Crippen LogP contribution in [0, 0.1) is 0 Å². The van der Waals surface area contributed by atoms with Gasteiger partial charge in [-0.05, 0) is 59.2 Å². The van der Waals surface area contributed by atoms with Gasteiger partial charge in [-0.1, -0.05) is 108 Å². The quantitative estimate of drug-likeness (QED) is 0.111. The summed E-state index contributed by atoms with van der Waals surface area (Å²) in [5, 5.41) is 2.84. The van der Waals surface area contributed by atoms with Crippen molar-refractivity contribution in [3.63, 3.8) is 0 Å². The molecule has 230 valence electrons. The van der Waals surface area contributed by atoms with Gasteiger partial charge in [0.25, 0.3) is 5.91 Å². The van der Waals surface area contributed by atoms with Gasteiger partial charge in [0.15, 0.2) is 5.82 Å². The SMILES string of the molecule is CCCCCCCCOc1ccc(-c2cnc(-c3ccc(CC(C=O)NC(=O)c4ccc(C(C)(C)C)cc4)cc3)nc2)cc1. The molecule has 1 atom stereocenters. The van der Waals surface area contributed by atoms with Gasteiger partial charge < -0.3 is 14.8 Å². The fourth-order valence-electron chi connectivity index (χ4n) is 4.99. The Balaban J connectivity index is 1.28. The van der Waals surface area contributed by atoms with Gasteiger partial charge in [-0.15, -0.1) is 0 Å². The van der Waals surface area contributed by atoms with Gasteiger partial charge in [-0.2, -0.15) is 0 Å². The Labute approximate surface area is 262 Å². The second kappa shape index (κ2) is 15.9. The summed E-state index contributed by atoms with van der Waals surface area (Å²) in [6.45, 7) is 9.37. The highest BCUT2D eigenvalue weighted by molar-refractivity contribution is 5.95. The van der Waals surface area contributed by atoms with E-state index >= 15 is 0 Å². The zero-order chi connectivity index (χ0) is 31.4. The van der Waals surface area contributed by atoms with E-state index in [0.29, 0.717) is 17.8 Å². The summed E-state index contributed by atoms with van der Waals surface area (Å²) in [6, 6.07) is 22.7. The average Bonchev–Trinajstić information content (AvgIpc) is 3.04. The molecule has 1 N–H and O–H groups in total. The summed E-state index contributed by atoms with van der Waals surface area (Å²) < 4.78 is 5.90. The van der Waals surface area contributed by atoms with E-state index in [0.717, 1.165) is 52.9 Å². The van der Waals surface area contributed by atoms with E-state index in [4.69, 9.17) is 4.74 Å². The number of aromatic nitrogens is 2. The molecule has 0 fully saturated rings. The van der Waals surface area contributed by atoms with E-state index in [1.807, 2.05) is 73.1 Å². The van der Waals surface area contributed by atoms with Crippen molar-refractivity contribution in [1.82, 2.24) is 15.3 Å². The summed E-state index contributed by atoms with van der Waals surface area (Å²) in [6.07, 6.45) is 12.3. The fraction of sp³-hybridized carbons (Fsp3) is 0.368. The standard InChI is InChI=1S/C38H45N3O3/c1-5-6-7-8-9-10-23-44-35-21-17-29(18-22-35)32-25-39-36(40-26-32)30-13-11-28(12-14-30)24-34(27-42)41-37(43)31-15-19-33(20-16-31)38(2,3)4/h11-22,25-27,34H,5-10,23-24H2,1-4H3,(H,41,43). The zero-order valence-corrected chi connectivity index (χ0v) is 26.5. The topological polar surface area (TPSA) is 81.2 Å². The normalized spacial score (nSPS) is 12.0. The molecular weight excluding hydrogens is 546 g/mol. The molecule has 4 rings (SSSR count). The molecule has 0 spiro atoms. The van der Waals surface area contributed by atoms with Crippen LogP contribution in [0.3, 0.4) is 0 Å². The summed E-state index contributed by atoms with van der Waals surface area (Å²) in [5.41, 5.74) is 5.48. The van der Waals surface area contributed by atoms with Crippen molar-refractivity contribution in [2.45, 2.75) is 84.1 Å². The zero-order valence-electron chi connectivity index (χ0n) is 26.5. The predicted octanol–water partition coefficient (Wildman–Crippen LogP) is 8.39. The van der Waals surface area contributed by atoms with Crippen LogP contribution in [-0.4, -0.2) is 34.8 Å². The Morgan fingerprint density at radius 2 is 1.41 bits per heavy atom. The monoisotopic (exact) mass is 591 g/mol. The number of nitrogens with zero attached hydrogens (tertiary/aromatic N) is 2. The van der Waals surface area contributed by atoms with Crippen LogP contribution >= 0.6 is 0 Å².